The number of anilines is 2. The molecule has 0 saturated carbocycles. The lowest BCUT2D eigenvalue weighted by Gasteiger charge is -2.18. The number of carbonyl (C=O) groups is 1. The molecule has 1 amide bonds. The van der Waals surface area contributed by atoms with Crippen molar-refractivity contribution in [2.45, 2.75) is 45.1 Å². The molecule has 1 unspecified atom stereocenters. The summed E-state index contributed by atoms with van der Waals surface area (Å²) in [5.41, 5.74) is 3.99. The largest absolute Gasteiger partial charge is 0.481 e. The van der Waals surface area contributed by atoms with Gasteiger partial charge in [0, 0.05) is 11.4 Å². The van der Waals surface area contributed by atoms with Gasteiger partial charge in [0.2, 0.25) is 0 Å². The molecule has 6 nitrogen and oxygen atoms in total. The first-order chi connectivity index (χ1) is 15.2. The van der Waals surface area contributed by atoms with E-state index in [4.69, 9.17) is 4.74 Å². The van der Waals surface area contributed by atoms with Crippen molar-refractivity contribution < 1.29 is 17.9 Å². The molecule has 0 saturated heterocycles. The van der Waals surface area contributed by atoms with E-state index in [9.17, 15) is 13.2 Å². The summed E-state index contributed by atoms with van der Waals surface area (Å²) in [7, 11) is -3.75. The lowest BCUT2D eigenvalue weighted by molar-refractivity contribution is -0.122. The zero-order valence-electron chi connectivity index (χ0n) is 18.7. The monoisotopic (exact) mass is 452 g/mol. The predicted molar refractivity (Wildman–Crippen MR) is 128 cm³/mol. The van der Waals surface area contributed by atoms with Crippen LogP contribution >= 0.6 is 0 Å². The van der Waals surface area contributed by atoms with E-state index >= 15 is 0 Å². The Hall–Kier alpha value is -3.32. The van der Waals surface area contributed by atoms with Crippen molar-refractivity contribution in [3.05, 3.63) is 83.4 Å². The molecule has 3 aromatic rings. The van der Waals surface area contributed by atoms with Gasteiger partial charge in [0.15, 0.2) is 6.10 Å². The van der Waals surface area contributed by atoms with Crippen LogP contribution < -0.4 is 14.8 Å². The minimum absolute atomic E-state index is 0.109. The highest BCUT2D eigenvalue weighted by molar-refractivity contribution is 7.92. The summed E-state index contributed by atoms with van der Waals surface area (Å²) in [6.45, 7) is 7.65. The van der Waals surface area contributed by atoms with Crippen molar-refractivity contribution in [1.29, 1.82) is 0 Å². The molecule has 1 atom stereocenters. The Morgan fingerprint density at radius 2 is 1.53 bits per heavy atom. The summed E-state index contributed by atoms with van der Waals surface area (Å²) >= 11 is 0. The lowest BCUT2D eigenvalue weighted by atomic mass is 10.1. The number of carbonyl (C=O) groups excluding carboxylic acids is 1. The average molecular weight is 453 g/mol. The van der Waals surface area contributed by atoms with E-state index in [-0.39, 0.29) is 10.8 Å². The second-order valence-electron chi connectivity index (χ2n) is 7.83. The van der Waals surface area contributed by atoms with E-state index in [0.29, 0.717) is 23.5 Å². The van der Waals surface area contributed by atoms with Crippen LogP contribution in [0.4, 0.5) is 11.4 Å². The zero-order valence-corrected chi connectivity index (χ0v) is 19.5. The highest BCUT2D eigenvalue weighted by Crippen LogP contribution is 2.21. The average Bonchev–Trinajstić information content (AvgIpc) is 2.71. The van der Waals surface area contributed by atoms with Gasteiger partial charge in [0.05, 0.1) is 4.90 Å². The van der Waals surface area contributed by atoms with Crippen LogP contribution in [-0.4, -0.2) is 20.4 Å². The van der Waals surface area contributed by atoms with Crippen LogP contribution in [0.15, 0.2) is 71.6 Å². The number of nitrogens with one attached hydrogen (secondary N) is 2. The summed E-state index contributed by atoms with van der Waals surface area (Å²) in [6.07, 6.45) is -0.169. The van der Waals surface area contributed by atoms with E-state index in [0.717, 1.165) is 16.7 Å². The quantitative estimate of drug-likeness (QED) is 0.491. The van der Waals surface area contributed by atoms with Gasteiger partial charge < -0.3 is 10.1 Å². The lowest BCUT2D eigenvalue weighted by Crippen LogP contribution is -2.32. The van der Waals surface area contributed by atoms with Crippen LogP contribution in [0.3, 0.4) is 0 Å². The zero-order chi connectivity index (χ0) is 23.3. The third-order valence-electron chi connectivity index (χ3n) is 4.84. The van der Waals surface area contributed by atoms with Crippen molar-refractivity contribution in [3.8, 4) is 5.75 Å². The summed E-state index contributed by atoms with van der Waals surface area (Å²) in [5.74, 6) is 0.337. The van der Waals surface area contributed by atoms with Gasteiger partial charge in [0.25, 0.3) is 15.9 Å². The molecule has 0 bridgehead atoms. The molecule has 0 radical (unpaired) electrons. The molecule has 0 fully saturated rings. The number of benzene rings is 3. The Labute approximate surface area is 189 Å². The normalized spacial score (nSPS) is 12.1. The van der Waals surface area contributed by atoms with Gasteiger partial charge in [0.1, 0.15) is 5.75 Å². The number of rotatable bonds is 8. The van der Waals surface area contributed by atoms with Crippen molar-refractivity contribution in [1.82, 2.24) is 0 Å². The summed E-state index contributed by atoms with van der Waals surface area (Å²) in [4.78, 5) is 12.8. The van der Waals surface area contributed by atoms with E-state index in [1.807, 2.05) is 58.0 Å². The van der Waals surface area contributed by atoms with Crippen LogP contribution in [0.2, 0.25) is 0 Å². The number of sulfonamides is 1. The minimum Gasteiger partial charge on any atom is -0.481 e. The fraction of sp³-hybridized carbons (Fsp3) is 0.240. The van der Waals surface area contributed by atoms with Gasteiger partial charge in [-0.2, -0.15) is 0 Å². The van der Waals surface area contributed by atoms with Gasteiger partial charge in [-0.05, 0) is 92.4 Å². The first-order valence-electron chi connectivity index (χ1n) is 10.4. The van der Waals surface area contributed by atoms with Gasteiger partial charge in [-0.3, -0.25) is 9.52 Å². The smallest absolute Gasteiger partial charge is 0.265 e. The number of aryl methyl sites for hydroxylation is 3. The maximum atomic E-state index is 12.7. The Kier molecular flexibility index (Phi) is 7.20. The molecule has 3 aromatic carbocycles. The molecule has 0 aliphatic heterocycles. The predicted octanol–water partition coefficient (Wildman–Crippen LogP) is 5.21. The van der Waals surface area contributed by atoms with Crippen molar-refractivity contribution >= 4 is 27.3 Å². The second kappa shape index (κ2) is 9.87. The first-order valence-corrected chi connectivity index (χ1v) is 11.9. The molecule has 3 rings (SSSR count). The standard InChI is InChI=1S/C25H28N2O4S/c1-5-24(31-22-8-6-7-17(2)16-22)25(28)26-20-9-11-23(12-10-20)32(29,30)27-21-14-18(3)13-19(4)15-21/h6-16,24,27H,5H2,1-4H3,(H,26,28). The number of hydrogen-bond acceptors (Lipinski definition) is 4. The van der Waals surface area contributed by atoms with E-state index in [1.54, 1.807) is 24.3 Å². The fourth-order valence-corrected chi connectivity index (χ4v) is 4.40. The Morgan fingerprint density at radius 3 is 2.12 bits per heavy atom. The molecule has 0 spiro atoms. The molecular formula is C25H28N2O4S. The molecule has 0 aliphatic rings. The Balaban J connectivity index is 1.68. The SMILES string of the molecule is CCC(Oc1cccc(C)c1)C(=O)Nc1ccc(S(=O)(=O)Nc2cc(C)cc(C)c2)cc1. The molecule has 0 aromatic heterocycles. The van der Waals surface area contributed by atoms with Crippen molar-refractivity contribution in [2.24, 2.45) is 0 Å². The van der Waals surface area contributed by atoms with Crippen LogP contribution in [0, 0.1) is 20.8 Å². The third-order valence-corrected chi connectivity index (χ3v) is 6.23. The van der Waals surface area contributed by atoms with Crippen LogP contribution in [0.25, 0.3) is 0 Å². The van der Waals surface area contributed by atoms with Gasteiger partial charge >= 0.3 is 0 Å². The number of ether oxygens (including phenoxy) is 1. The molecule has 0 heterocycles. The maximum absolute atomic E-state index is 12.7. The Morgan fingerprint density at radius 1 is 0.875 bits per heavy atom. The molecule has 168 valence electrons. The fourth-order valence-electron chi connectivity index (χ4n) is 3.36. The highest BCUT2D eigenvalue weighted by Gasteiger charge is 2.19. The second-order valence-corrected chi connectivity index (χ2v) is 9.51. The van der Waals surface area contributed by atoms with Crippen molar-refractivity contribution in [2.75, 3.05) is 10.0 Å². The molecule has 2 N–H and O–H groups in total. The van der Waals surface area contributed by atoms with E-state index in [1.165, 1.54) is 12.1 Å². The Bertz CT molecular complexity index is 1180. The minimum atomic E-state index is -3.75. The summed E-state index contributed by atoms with van der Waals surface area (Å²) in [6, 6.07) is 19.1. The van der Waals surface area contributed by atoms with Gasteiger partial charge in [-0.25, -0.2) is 8.42 Å². The third kappa shape index (κ3) is 6.11. The van der Waals surface area contributed by atoms with E-state index < -0.39 is 16.1 Å². The van der Waals surface area contributed by atoms with Crippen LogP contribution in [0.1, 0.15) is 30.0 Å². The number of amides is 1. The first kappa shape index (κ1) is 23.3. The molecular weight excluding hydrogens is 424 g/mol. The molecule has 7 heteroatoms. The molecule has 0 aliphatic carbocycles. The van der Waals surface area contributed by atoms with Crippen LogP contribution in [0.5, 0.6) is 5.75 Å². The van der Waals surface area contributed by atoms with Gasteiger partial charge in [-0.15, -0.1) is 0 Å². The summed E-state index contributed by atoms with van der Waals surface area (Å²) in [5, 5.41) is 2.79. The highest BCUT2D eigenvalue weighted by atomic mass is 32.2. The maximum Gasteiger partial charge on any atom is 0.265 e. The topological polar surface area (TPSA) is 84.5 Å². The van der Waals surface area contributed by atoms with Gasteiger partial charge in [-0.1, -0.05) is 25.1 Å². The molecule has 32 heavy (non-hydrogen) atoms. The summed E-state index contributed by atoms with van der Waals surface area (Å²) < 4.78 is 33.9. The number of hydrogen-bond donors (Lipinski definition) is 2. The van der Waals surface area contributed by atoms with Crippen molar-refractivity contribution in [3.63, 3.8) is 0 Å². The van der Waals surface area contributed by atoms with E-state index in [2.05, 4.69) is 10.0 Å². The van der Waals surface area contributed by atoms with Crippen LogP contribution in [-0.2, 0) is 14.8 Å².